The van der Waals surface area contributed by atoms with Gasteiger partial charge in [-0.2, -0.15) is 0 Å². The van der Waals surface area contributed by atoms with Crippen LogP contribution >= 0.6 is 0 Å². The van der Waals surface area contributed by atoms with Crippen LogP contribution in [0.2, 0.25) is 0 Å². The number of benzene rings is 3. The molecule has 0 aliphatic heterocycles. The van der Waals surface area contributed by atoms with E-state index in [1.54, 1.807) is 0 Å². The number of esters is 1. The first-order chi connectivity index (χ1) is 14.4. The number of nitrogens with zero attached hydrogens (tertiary/aromatic N) is 1. The van der Waals surface area contributed by atoms with Crippen LogP contribution in [0.15, 0.2) is 60.7 Å². The highest BCUT2D eigenvalue weighted by molar-refractivity contribution is 6.15. The number of hydrogen-bond donors (Lipinski definition) is 0. The van der Waals surface area contributed by atoms with Gasteiger partial charge in [0.05, 0.1) is 0 Å². The Morgan fingerprint density at radius 1 is 0.967 bits per heavy atom. The number of aromatic nitrogens is 1. The second kappa shape index (κ2) is 7.79. The lowest BCUT2D eigenvalue weighted by molar-refractivity contribution is -0.145. The maximum atomic E-state index is 13.2. The van der Waals surface area contributed by atoms with Gasteiger partial charge in [-0.3, -0.25) is 9.59 Å². The summed E-state index contributed by atoms with van der Waals surface area (Å²) in [6.07, 6.45) is -0.330. The SMILES string of the molecule is CCn1c2ccc(C(=O)c3ccccc3C)cc2c2cc(C(C)OC(C)=O)ccc21. The molecule has 0 bridgehead atoms. The standard InChI is InChI=1S/C26H25NO3/c1-5-27-24-12-10-19(17(3)30-18(4)28)14-22(24)23-15-20(11-13-25(23)27)26(29)21-9-7-6-8-16(21)2/h6-15,17H,5H2,1-4H3. The average molecular weight is 399 g/mol. The van der Waals surface area contributed by atoms with Crippen molar-refractivity contribution in [3.05, 3.63) is 82.9 Å². The van der Waals surface area contributed by atoms with E-state index in [1.165, 1.54) is 6.92 Å². The first kappa shape index (κ1) is 19.9. The Kier molecular flexibility index (Phi) is 5.17. The van der Waals surface area contributed by atoms with Crippen LogP contribution < -0.4 is 0 Å². The van der Waals surface area contributed by atoms with Crippen molar-refractivity contribution in [1.82, 2.24) is 4.57 Å². The van der Waals surface area contributed by atoms with Crippen LogP contribution in [0.4, 0.5) is 0 Å². The van der Waals surface area contributed by atoms with E-state index in [0.29, 0.717) is 5.56 Å². The minimum atomic E-state index is -0.330. The van der Waals surface area contributed by atoms with E-state index in [9.17, 15) is 9.59 Å². The highest BCUT2D eigenvalue weighted by Gasteiger charge is 2.17. The third-order valence-electron chi connectivity index (χ3n) is 5.67. The lowest BCUT2D eigenvalue weighted by Crippen LogP contribution is -2.04. The largest absolute Gasteiger partial charge is 0.458 e. The molecule has 4 nitrogen and oxygen atoms in total. The van der Waals surface area contributed by atoms with Gasteiger partial charge in [0.2, 0.25) is 0 Å². The van der Waals surface area contributed by atoms with Gasteiger partial charge < -0.3 is 9.30 Å². The Morgan fingerprint density at radius 3 is 2.30 bits per heavy atom. The molecule has 4 rings (SSSR count). The van der Waals surface area contributed by atoms with E-state index in [4.69, 9.17) is 4.74 Å². The number of carbonyl (C=O) groups is 2. The smallest absolute Gasteiger partial charge is 0.303 e. The van der Waals surface area contributed by atoms with Crippen molar-refractivity contribution in [3.8, 4) is 0 Å². The van der Waals surface area contributed by atoms with Crippen molar-refractivity contribution in [2.75, 3.05) is 0 Å². The van der Waals surface area contributed by atoms with Gasteiger partial charge in [0.1, 0.15) is 6.10 Å². The topological polar surface area (TPSA) is 48.3 Å². The second-order valence-corrected chi connectivity index (χ2v) is 7.65. The highest BCUT2D eigenvalue weighted by atomic mass is 16.5. The molecular formula is C26H25NO3. The monoisotopic (exact) mass is 399 g/mol. The molecule has 0 aliphatic carbocycles. The van der Waals surface area contributed by atoms with Crippen LogP contribution in [0.5, 0.6) is 0 Å². The van der Waals surface area contributed by atoms with Gasteiger partial charge in [0, 0.05) is 46.4 Å². The van der Waals surface area contributed by atoms with Crippen molar-refractivity contribution in [2.24, 2.45) is 0 Å². The zero-order valence-electron chi connectivity index (χ0n) is 17.7. The Bertz CT molecular complexity index is 1280. The van der Waals surface area contributed by atoms with E-state index < -0.39 is 0 Å². The zero-order chi connectivity index (χ0) is 21.4. The van der Waals surface area contributed by atoms with Crippen molar-refractivity contribution < 1.29 is 14.3 Å². The average Bonchev–Trinajstić information content (AvgIpc) is 3.05. The van der Waals surface area contributed by atoms with Crippen molar-refractivity contribution >= 4 is 33.6 Å². The molecule has 0 radical (unpaired) electrons. The molecule has 152 valence electrons. The third kappa shape index (κ3) is 3.39. The molecule has 0 N–H and O–H groups in total. The normalized spacial score (nSPS) is 12.3. The molecule has 0 aliphatic rings. The molecule has 4 aromatic rings. The molecular weight excluding hydrogens is 374 g/mol. The van der Waals surface area contributed by atoms with E-state index in [0.717, 1.165) is 45.0 Å². The molecule has 0 spiro atoms. The van der Waals surface area contributed by atoms with Crippen LogP contribution in [-0.2, 0) is 16.1 Å². The molecule has 0 amide bonds. The van der Waals surface area contributed by atoms with Crippen molar-refractivity contribution in [2.45, 2.75) is 40.3 Å². The molecule has 1 heterocycles. The van der Waals surface area contributed by atoms with Gasteiger partial charge in [-0.05, 0) is 62.2 Å². The summed E-state index contributed by atoms with van der Waals surface area (Å²) in [7, 11) is 0. The summed E-state index contributed by atoms with van der Waals surface area (Å²) >= 11 is 0. The number of carbonyl (C=O) groups excluding carboxylic acids is 2. The maximum absolute atomic E-state index is 13.2. The highest BCUT2D eigenvalue weighted by Crippen LogP contribution is 2.33. The Labute approximate surface area is 176 Å². The van der Waals surface area contributed by atoms with Gasteiger partial charge in [0.15, 0.2) is 5.78 Å². The molecule has 0 fully saturated rings. The second-order valence-electron chi connectivity index (χ2n) is 7.65. The maximum Gasteiger partial charge on any atom is 0.303 e. The molecule has 3 aromatic carbocycles. The quantitative estimate of drug-likeness (QED) is 0.306. The van der Waals surface area contributed by atoms with Crippen molar-refractivity contribution in [1.29, 1.82) is 0 Å². The summed E-state index contributed by atoms with van der Waals surface area (Å²) in [6, 6.07) is 19.7. The fourth-order valence-corrected chi connectivity index (χ4v) is 4.16. The number of aryl methyl sites for hydroxylation is 2. The van der Waals surface area contributed by atoms with E-state index in [2.05, 4.69) is 23.6 Å². The number of rotatable bonds is 5. The van der Waals surface area contributed by atoms with Crippen molar-refractivity contribution in [3.63, 3.8) is 0 Å². The van der Waals surface area contributed by atoms with Crippen LogP contribution in [0.25, 0.3) is 21.8 Å². The first-order valence-corrected chi connectivity index (χ1v) is 10.2. The van der Waals surface area contributed by atoms with Crippen LogP contribution in [0.1, 0.15) is 53.9 Å². The first-order valence-electron chi connectivity index (χ1n) is 10.2. The minimum Gasteiger partial charge on any atom is -0.458 e. The lowest BCUT2D eigenvalue weighted by Gasteiger charge is -2.12. The lowest BCUT2D eigenvalue weighted by atomic mass is 9.97. The molecule has 1 unspecified atom stereocenters. The van der Waals surface area contributed by atoms with E-state index in [1.807, 2.05) is 62.4 Å². The summed E-state index contributed by atoms with van der Waals surface area (Å²) in [6.45, 7) is 8.18. The zero-order valence-corrected chi connectivity index (χ0v) is 17.7. The summed E-state index contributed by atoms with van der Waals surface area (Å²) in [5.41, 5.74) is 5.49. The Hall–Kier alpha value is -3.40. The third-order valence-corrected chi connectivity index (χ3v) is 5.67. The molecule has 0 saturated carbocycles. The minimum absolute atomic E-state index is 0.0248. The number of fused-ring (bicyclic) bond motifs is 3. The summed E-state index contributed by atoms with van der Waals surface area (Å²) in [5.74, 6) is -0.276. The van der Waals surface area contributed by atoms with E-state index >= 15 is 0 Å². The van der Waals surface area contributed by atoms with Crippen LogP contribution in [-0.4, -0.2) is 16.3 Å². The van der Waals surface area contributed by atoms with Gasteiger partial charge in [0.25, 0.3) is 0 Å². The fraction of sp³-hybridized carbons (Fsp3) is 0.231. The molecule has 4 heteroatoms. The molecule has 0 saturated heterocycles. The molecule has 1 aromatic heterocycles. The van der Waals surface area contributed by atoms with E-state index in [-0.39, 0.29) is 17.9 Å². The summed E-state index contributed by atoms with van der Waals surface area (Å²) in [4.78, 5) is 24.5. The van der Waals surface area contributed by atoms with Gasteiger partial charge >= 0.3 is 5.97 Å². The van der Waals surface area contributed by atoms with Gasteiger partial charge in [-0.1, -0.05) is 30.3 Å². The molecule has 30 heavy (non-hydrogen) atoms. The summed E-state index contributed by atoms with van der Waals surface area (Å²) in [5, 5.41) is 2.09. The molecule has 1 atom stereocenters. The Balaban J connectivity index is 1.89. The van der Waals surface area contributed by atoms with Crippen LogP contribution in [0.3, 0.4) is 0 Å². The summed E-state index contributed by atoms with van der Waals surface area (Å²) < 4.78 is 7.61. The van der Waals surface area contributed by atoms with Crippen LogP contribution in [0, 0.1) is 6.92 Å². The van der Waals surface area contributed by atoms with Gasteiger partial charge in [-0.15, -0.1) is 0 Å². The predicted octanol–water partition coefficient (Wildman–Crippen LogP) is 5.98. The fourth-order valence-electron chi connectivity index (χ4n) is 4.16. The predicted molar refractivity (Wildman–Crippen MR) is 120 cm³/mol. The number of ketones is 1. The van der Waals surface area contributed by atoms with Gasteiger partial charge in [-0.25, -0.2) is 0 Å². The Morgan fingerprint density at radius 2 is 1.63 bits per heavy atom. The number of hydrogen-bond acceptors (Lipinski definition) is 3. The number of ether oxygens (including phenoxy) is 1.